The van der Waals surface area contributed by atoms with Crippen LogP contribution in [0, 0.1) is 18.3 Å². The average Bonchev–Trinajstić information content (AvgIpc) is 2.74. The first-order valence-corrected chi connectivity index (χ1v) is 11.2. The average molecular weight is 551 g/mol. The Morgan fingerprint density at radius 1 is 1.09 bits per heavy atom. The summed E-state index contributed by atoms with van der Waals surface area (Å²) in [5, 5.41) is 13.8. The van der Waals surface area contributed by atoms with E-state index in [4.69, 9.17) is 39.5 Å². The van der Waals surface area contributed by atoms with Gasteiger partial charge in [-0.2, -0.15) is 5.26 Å². The number of anilines is 1. The van der Waals surface area contributed by atoms with Crippen molar-refractivity contribution >= 4 is 74.0 Å². The van der Waals surface area contributed by atoms with Crippen LogP contribution in [-0.2, 0) is 4.79 Å². The molecule has 0 unspecified atom stereocenters. The number of ether oxygens (including phenoxy) is 1. The van der Waals surface area contributed by atoms with Gasteiger partial charge in [-0.3, -0.25) is 4.79 Å². The summed E-state index contributed by atoms with van der Waals surface area (Å²) < 4.78 is 6.52. The Hall–Kier alpha value is -2.49. The Labute approximate surface area is 209 Å². The summed E-state index contributed by atoms with van der Waals surface area (Å²) in [5.74, 6) is 0.0899. The van der Waals surface area contributed by atoms with Gasteiger partial charge in [0.2, 0.25) is 0 Å². The summed E-state index contributed by atoms with van der Waals surface area (Å²) in [6, 6.07) is 17.6. The molecule has 1 amide bonds. The molecule has 0 spiro atoms. The molecule has 4 nitrogen and oxygen atoms in total. The standard InChI is InChI=1S/C24H16BrCl3N2O2/c1-14-2-5-19(11-21(14)27)30-24(31)13-32-23-7-3-17(25)9-15(23)8-16(12-29)20-6-4-18(26)10-22(20)28/h2-11H,13H2,1H3,(H,30,31)/b16-8+. The van der Waals surface area contributed by atoms with Gasteiger partial charge in [0.1, 0.15) is 5.75 Å². The van der Waals surface area contributed by atoms with Gasteiger partial charge in [-0.25, -0.2) is 0 Å². The topological polar surface area (TPSA) is 62.1 Å². The van der Waals surface area contributed by atoms with Crippen LogP contribution in [0.15, 0.2) is 59.1 Å². The van der Waals surface area contributed by atoms with Crippen LogP contribution in [0.25, 0.3) is 11.6 Å². The Morgan fingerprint density at radius 3 is 2.56 bits per heavy atom. The molecule has 1 N–H and O–H groups in total. The van der Waals surface area contributed by atoms with Crippen molar-refractivity contribution in [3.63, 3.8) is 0 Å². The van der Waals surface area contributed by atoms with Gasteiger partial charge < -0.3 is 10.1 Å². The predicted molar refractivity (Wildman–Crippen MR) is 134 cm³/mol. The molecular weight excluding hydrogens is 535 g/mol. The second-order valence-corrected chi connectivity index (χ2v) is 8.94. The highest BCUT2D eigenvalue weighted by molar-refractivity contribution is 9.10. The molecule has 0 bridgehead atoms. The zero-order chi connectivity index (χ0) is 23.3. The highest BCUT2D eigenvalue weighted by atomic mass is 79.9. The number of aryl methyl sites for hydroxylation is 1. The van der Waals surface area contributed by atoms with Crippen molar-refractivity contribution in [2.75, 3.05) is 11.9 Å². The second-order valence-electron chi connectivity index (χ2n) is 6.78. The minimum Gasteiger partial charge on any atom is -0.483 e. The minimum absolute atomic E-state index is 0.225. The Bertz CT molecular complexity index is 1250. The number of halogens is 4. The van der Waals surface area contributed by atoms with Gasteiger partial charge in [-0.05, 0) is 61.0 Å². The third-order valence-electron chi connectivity index (χ3n) is 4.43. The lowest BCUT2D eigenvalue weighted by atomic mass is 10.0. The summed E-state index contributed by atoms with van der Waals surface area (Å²) in [7, 11) is 0. The van der Waals surface area contributed by atoms with Crippen molar-refractivity contribution in [1.29, 1.82) is 5.26 Å². The largest absolute Gasteiger partial charge is 0.483 e. The van der Waals surface area contributed by atoms with Crippen LogP contribution in [0.1, 0.15) is 16.7 Å². The van der Waals surface area contributed by atoms with E-state index in [1.807, 2.05) is 13.0 Å². The molecule has 0 aromatic heterocycles. The number of nitrogens with one attached hydrogen (secondary N) is 1. The first-order chi connectivity index (χ1) is 15.3. The van der Waals surface area contributed by atoms with Crippen molar-refractivity contribution in [3.05, 3.63) is 90.8 Å². The fraction of sp³-hybridized carbons (Fsp3) is 0.0833. The van der Waals surface area contributed by atoms with Crippen molar-refractivity contribution in [1.82, 2.24) is 0 Å². The molecular formula is C24H16BrCl3N2O2. The van der Waals surface area contributed by atoms with Gasteiger partial charge in [0.15, 0.2) is 6.61 Å². The van der Waals surface area contributed by atoms with Crippen LogP contribution in [0.4, 0.5) is 5.69 Å². The number of amides is 1. The van der Waals surface area contributed by atoms with Gasteiger partial charge in [0.05, 0.1) is 16.7 Å². The maximum atomic E-state index is 12.4. The Kier molecular flexibility index (Phi) is 8.22. The van der Waals surface area contributed by atoms with Crippen LogP contribution in [0.5, 0.6) is 5.75 Å². The minimum atomic E-state index is -0.343. The molecule has 0 aliphatic heterocycles. The van der Waals surface area contributed by atoms with E-state index in [1.54, 1.807) is 54.6 Å². The zero-order valence-corrected chi connectivity index (χ0v) is 20.6. The molecule has 0 fully saturated rings. The lowest BCUT2D eigenvalue weighted by molar-refractivity contribution is -0.118. The maximum Gasteiger partial charge on any atom is 0.262 e. The highest BCUT2D eigenvalue weighted by Gasteiger charge is 2.12. The lowest BCUT2D eigenvalue weighted by Gasteiger charge is -2.12. The normalized spacial score (nSPS) is 11.1. The first kappa shape index (κ1) is 24.2. The van der Waals surface area contributed by atoms with E-state index in [9.17, 15) is 10.1 Å². The van der Waals surface area contributed by atoms with Crippen LogP contribution >= 0.6 is 50.7 Å². The summed E-state index contributed by atoms with van der Waals surface area (Å²) in [4.78, 5) is 12.4. The molecule has 0 radical (unpaired) electrons. The van der Waals surface area contributed by atoms with E-state index < -0.39 is 0 Å². The molecule has 0 aliphatic carbocycles. The van der Waals surface area contributed by atoms with Gasteiger partial charge in [0, 0.05) is 31.3 Å². The van der Waals surface area contributed by atoms with Gasteiger partial charge in [-0.1, -0.05) is 62.9 Å². The van der Waals surface area contributed by atoms with E-state index >= 15 is 0 Å². The van der Waals surface area contributed by atoms with Crippen molar-refractivity contribution in [2.45, 2.75) is 6.92 Å². The summed E-state index contributed by atoms with van der Waals surface area (Å²) in [6.07, 6.45) is 1.65. The number of rotatable bonds is 6. The third kappa shape index (κ3) is 6.27. The number of allylic oxidation sites excluding steroid dienone is 1. The van der Waals surface area contributed by atoms with E-state index in [0.717, 1.165) is 10.0 Å². The Morgan fingerprint density at radius 2 is 1.88 bits per heavy atom. The molecule has 0 saturated heterocycles. The van der Waals surface area contributed by atoms with E-state index in [-0.39, 0.29) is 12.5 Å². The highest BCUT2D eigenvalue weighted by Crippen LogP contribution is 2.31. The number of carbonyl (C=O) groups is 1. The molecule has 3 aromatic carbocycles. The second kappa shape index (κ2) is 10.9. The van der Waals surface area contributed by atoms with Crippen LogP contribution in [0.2, 0.25) is 15.1 Å². The number of benzene rings is 3. The summed E-state index contributed by atoms with van der Waals surface area (Å²) in [6.45, 7) is 1.66. The molecule has 8 heteroatoms. The van der Waals surface area contributed by atoms with Crippen LogP contribution in [-0.4, -0.2) is 12.5 Å². The molecule has 162 valence electrons. The predicted octanol–water partition coefficient (Wildman–Crippen LogP) is 7.80. The maximum absolute atomic E-state index is 12.4. The van der Waals surface area contributed by atoms with Gasteiger partial charge >= 0.3 is 0 Å². The third-order valence-corrected chi connectivity index (χ3v) is 5.88. The fourth-order valence-electron chi connectivity index (χ4n) is 2.81. The molecule has 3 rings (SSSR count). The van der Waals surface area contributed by atoms with Gasteiger partial charge in [0.25, 0.3) is 5.91 Å². The number of nitriles is 1. The zero-order valence-electron chi connectivity index (χ0n) is 16.8. The van der Waals surface area contributed by atoms with E-state index in [2.05, 4.69) is 27.3 Å². The van der Waals surface area contributed by atoms with E-state index in [1.165, 1.54) is 0 Å². The SMILES string of the molecule is Cc1ccc(NC(=O)COc2ccc(Br)cc2/C=C(\C#N)c2ccc(Cl)cc2Cl)cc1Cl. The molecule has 0 saturated carbocycles. The molecule has 32 heavy (non-hydrogen) atoms. The molecule has 3 aromatic rings. The number of hydrogen-bond donors (Lipinski definition) is 1. The summed E-state index contributed by atoms with van der Waals surface area (Å²) in [5.41, 5.74) is 2.97. The van der Waals surface area contributed by atoms with Crippen molar-refractivity contribution < 1.29 is 9.53 Å². The Balaban J connectivity index is 1.81. The van der Waals surface area contributed by atoms with Crippen molar-refractivity contribution in [3.8, 4) is 11.8 Å². The smallest absolute Gasteiger partial charge is 0.262 e. The van der Waals surface area contributed by atoms with Gasteiger partial charge in [-0.15, -0.1) is 0 Å². The number of carbonyl (C=O) groups excluding carboxylic acids is 1. The fourth-order valence-corrected chi connectivity index (χ4v) is 3.88. The van der Waals surface area contributed by atoms with Crippen molar-refractivity contribution in [2.24, 2.45) is 0 Å². The monoisotopic (exact) mass is 548 g/mol. The molecule has 0 heterocycles. The lowest BCUT2D eigenvalue weighted by Crippen LogP contribution is -2.20. The van der Waals surface area contributed by atoms with E-state index in [0.29, 0.717) is 43.2 Å². The number of nitrogens with zero attached hydrogens (tertiary/aromatic N) is 1. The molecule has 0 aliphatic rings. The number of hydrogen-bond acceptors (Lipinski definition) is 3. The first-order valence-electron chi connectivity index (χ1n) is 9.32. The van der Waals surface area contributed by atoms with Crippen LogP contribution in [0.3, 0.4) is 0 Å². The summed E-state index contributed by atoms with van der Waals surface area (Å²) >= 11 is 21.7. The quantitative estimate of drug-likeness (QED) is 0.252. The molecule has 0 atom stereocenters. The van der Waals surface area contributed by atoms with Crippen LogP contribution < -0.4 is 10.1 Å².